The van der Waals surface area contributed by atoms with E-state index in [1.165, 1.54) is 0 Å². The third kappa shape index (κ3) is 2.54. The molecule has 16 heavy (non-hydrogen) atoms. The summed E-state index contributed by atoms with van der Waals surface area (Å²) >= 11 is 0. The van der Waals surface area contributed by atoms with Crippen LogP contribution in [0.5, 0.6) is 0 Å². The monoisotopic (exact) mass is 258 g/mol. The van der Waals surface area contributed by atoms with Crippen LogP contribution in [0, 0.1) is 0 Å². The first-order valence-electron chi connectivity index (χ1n) is 4.78. The molecule has 0 aromatic carbocycles. The normalized spacial score (nSPS) is 12.1. The lowest BCUT2D eigenvalue weighted by Crippen LogP contribution is -2.01. The van der Waals surface area contributed by atoms with E-state index in [2.05, 4.69) is 4.98 Å². The maximum absolute atomic E-state index is 10.8. The summed E-state index contributed by atoms with van der Waals surface area (Å²) in [7, 11) is 3.65. The summed E-state index contributed by atoms with van der Waals surface area (Å²) in [4.78, 5) is 4.24. The Morgan fingerprint density at radius 3 is 2.94 bits per heavy atom. The van der Waals surface area contributed by atoms with Gasteiger partial charge in [-0.2, -0.15) is 0 Å². The maximum Gasteiger partial charge on any atom is 0.232 e. The quantitative estimate of drug-likeness (QED) is 0.787. The molecular formula is C10H11ClN2O2S. The number of halogens is 1. The molecule has 4 nitrogen and oxygen atoms in total. The lowest BCUT2D eigenvalue weighted by molar-refractivity contribution is 0.609. The minimum atomic E-state index is -3.43. The van der Waals surface area contributed by atoms with Crippen molar-refractivity contribution in [3.63, 3.8) is 0 Å². The van der Waals surface area contributed by atoms with Crippen LogP contribution in [0.15, 0.2) is 24.5 Å². The Morgan fingerprint density at radius 1 is 1.50 bits per heavy atom. The van der Waals surface area contributed by atoms with Gasteiger partial charge in [-0.15, -0.1) is 0 Å². The SMILES string of the molecule is Cn1ccc2ncc(CCS(=O)(=O)Cl)cc21. The molecule has 0 atom stereocenters. The molecule has 86 valence electrons. The van der Waals surface area contributed by atoms with Crippen LogP contribution in [0.3, 0.4) is 0 Å². The van der Waals surface area contributed by atoms with Gasteiger partial charge in [0.25, 0.3) is 0 Å². The molecule has 0 bridgehead atoms. The molecule has 2 aromatic rings. The molecule has 0 saturated heterocycles. The highest BCUT2D eigenvalue weighted by molar-refractivity contribution is 8.13. The van der Waals surface area contributed by atoms with Gasteiger partial charge in [-0.1, -0.05) is 0 Å². The van der Waals surface area contributed by atoms with Crippen LogP contribution in [-0.4, -0.2) is 23.7 Å². The number of hydrogen-bond donors (Lipinski definition) is 0. The largest absolute Gasteiger partial charge is 0.349 e. The average Bonchev–Trinajstić information content (AvgIpc) is 2.56. The smallest absolute Gasteiger partial charge is 0.232 e. The first-order chi connectivity index (χ1) is 7.46. The second-order valence-electron chi connectivity index (χ2n) is 3.67. The molecule has 0 aliphatic carbocycles. The van der Waals surface area contributed by atoms with Crippen molar-refractivity contribution >= 4 is 30.8 Å². The van der Waals surface area contributed by atoms with Gasteiger partial charge in [0, 0.05) is 30.1 Å². The van der Waals surface area contributed by atoms with E-state index in [9.17, 15) is 8.42 Å². The summed E-state index contributed by atoms with van der Waals surface area (Å²) < 4.78 is 23.6. The molecule has 2 heterocycles. The Morgan fingerprint density at radius 2 is 2.25 bits per heavy atom. The molecule has 0 aliphatic heterocycles. The second-order valence-corrected chi connectivity index (χ2v) is 6.56. The van der Waals surface area contributed by atoms with Crippen molar-refractivity contribution in [2.75, 3.05) is 5.75 Å². The Kier molecular flexibility index (Phi) is 2.90. The highest BCUT2D eigenvalue weighted by atomic mass is 35.7. The van der Waals surface area contributed by atoms with Gasteiger partial charge in [0.15, 0.2) is 0 Å². The van der Waals surface area contributed by atoms with Crippen molar-refractivity contribution in [1.82, 2.24) is 9.55 Å². The Hall–Kier alpha value is -1.07. The van der Waals surface area contributed by atoms with Gasteiger partial charge in [0.2, 0.25) is 9.05 Å². The second kappa shape index (κ2) is 4.07. The van der Waals surface area contributed by atoms with E-state index in [1.54, 1.807) is 6.20 Å². The fraction of sp³-hybridized carbons (Fsp3) is 0.300. The molecule has 0 aliphatic rings. The van der Waals surface area contributed by atoms with E-state index in [4.69, 9.17) is 10.7 Å². The van der Waals surface area contributed by atoms with Crippen LogP contribution in [-0.2, 0) is 22.5 Å². The van der Waals surface area contributed by atoms with Crippen molar-refractivity contribution in [2.24, 2.45) is 7.05 Å². The molecular weight excluding hydrogens is 248 g/mol. The molecule has 2 rings (SSSR count). The van der Waals surface area contributed by atoms with Gasteiger partial charge in [-0.3, -0.25) is 4.98 Å². The van der Waals surface area contributed by atoms with Gasteiger partial charge in [-0.05, 0) is 24.1 Å². The van der Waals surface area contributed by atoms with Crippen LogP contribution in [0.2, 0.25) is 0 Å². The predicted molar refractivity (Wildman–Crippen MR) is 64.1 cm³/mol. The number of pyridine rings is 1. The molecule has 0 spiro atoms. The third-order valence-electron chi connectivity index (χ3n) is 2.42. The highest BCUT2D eigenvalue weighted by Gasteiger charge is 2.07. The fourth-order valence-corrected chi connectivity index (χ4v) is 2.27. The fourth-order valence-electron chi connectivity index (χ4n) is 1.56. The minimum absolute atomic E-state index is 0.0633. The number of rotatable bonds is 3. The average molecular weight is 259 g/mol. The van der Waals surface area contributed by atoms with E-state index in [0.29, 0.717) is 6.42 Å². The molecule has 0 saturated carbocycles. The van der Waals surface area contributed by atoms with Gasteiger partial charge in [0.05, 0.1) is 16.8 Å². The van der Waals surface area contributed by atoms with E-state index < -0.39 is 9.05 Å². The van der Waals surface area contributed by atoms with Crippen LogP contribution in [0.25, 0.3) is 11.0 Å². The lowest BCUT2D eigenvalue weighted by Gasteiger charge is -2.01. The molecule has 0 radical (unpaired) electrons. The van der Waals surface area contributed by atoms with Gasteiger partial charge in [-0.25, -0.2) is 8.42 Å². The van der Waals surface area contributed by atoms with Crippen LogP contribution in [0.4, 0.5) is 0 Å². The summed E-state index contributed by atoms with van der Waals surface area (Å²) in [5.74, 6) is -0.0633. The standard InChI is InChI=1S/C10H11ClN2O2S/c1-13-4-2-9-10(13)6-8(7-12-9)3-5-16(11,14)15/h2,4,6-7H,3,5H2,1H3. The molecule has 0 N–H and O–H groups in total. The maximum atomic E-state index is 10.8. The summed E-state index contributed by atoms with van der Waals surface area (Å²) in [5.41, 5.74) is 2.77. The van der Waals surface area contributed by atoms with Crippen LogP contribution >= 0.6 is 10.7 Å². The Labute approximate surface area is 98.3 Å². The molecule has 0 unspecified atom stereocenters. The van der Waals surface area contributed by atoms with Crippen LogP contribution in [0.1, 0.15) is 5.56 Å². The van der Waals surface area contributed by atoms with Crippen LogP contribution < -0.4 is 0 Å². The van der Waals surface area contributed by atoms with Crippen molar-refractivity contribution in [3.05, 3.63) is 30.1 Å². The van der Waals surface area contributed by atoms with Gasteiger partial charge >= 0.3 is 0 Å². The zero-order valence-electron chi connectivity index (χ0n) is 8.72. The first-order valence-corrected chi connectivity index (χ1v) is 7.26. The van der Waals surface area contributed by atoms with E-state index in [1.807, 2.05) is 29.9 Å². The topological polar surface area (TPSA) is 52.0 Å². The lowest BCUT2D eigenvalue weighted by atomic mass is 10.2. The van der Waals surface area contributed by atoms with Gasteiger partial charge < -0.3 is 4.57 Å². The molecule has 2 aromatic heterocycles. The molecule has 0 amide bonds. The predicted octanol–water partition coefficient (Wildman–Crippen LogP) is 1.68. The minimum Gasteiger partial charge on any atom is -0.349 e. The first kappa shape index (κ1) is 11.4. The number of aromatic nitrogens is 2. The highest BCUT2D eigenvalue weighted by Crippen LogP contribution is 2.14. The zero-order chi connectivity index (χ0) is 11.8. The summed E-state index contributed by atoms with van der Waals surface area (Å²) in [5, 5.41) is 0. The number of aryl methyl sites for hydroxylation is 2. The Bertz CT molecular complexity index is 619. The van der Waals surface area contributed by atoms with Crippen molar-refractivity contribution in [3.8, 4) is 0 Å². The van der Waals surface area contributed by atoms with E-state index >= 15 is 0 Å². The van der Waals surface area contributed by atoms with Crippen molar-refractivity contribution < 1.29 is 8.42 Å². The number of hydrogen-bond acceptors (Lipinski definition) is 3. The Balaban J connectivity index is 2.29. The third-order valence-corrected chi connectivity index (χ3v) is 3.58. The number of fused-ring (bicyclic) bond motifs is 1. The summed E-state index contributed by atoms with van der Waals surface area (Å²) in [6.45, 7) is 0. The van der Waals surface area contributed by atoms with Gasteiger partial charge in [0.1, 0.15) is 0 Å². The molecule has 0 fully saturated rings. The summed E-state index contributed by atoms with van der Waals surface area (Å²) in [6, 6.07) is 3.85. The summed E-state index contributed by atoms with van der Waals surface area (Å²) in [6.07, 6.45) is 3.99. The molecule has 6 heteroatoms. The van der Waals surface area contributed by atoms with Crippen molar-refractivity contribution in [1.29, 1.82) is 0 Å². The number of nitrogens with zero attached hydrogens (tertiary/aromatic N) is 2. The van der Waals surface area contributed by atoms with E-state index in [-0.39, 0.29) is 5.75 Å². The van der Waals surface area contributed by atoms with E-state index in [0.717, 1.165) is 16.6 Å². The zero-order valence-corrected chi connectivity index (χ0v) is 10.3. The van der Waals surface area contributed by atoms with Crippen molar-refractivity contribution in [2.45, 2.75) is 6.42 Å².